The number of halogens is 1. The summed E-state index contributed by atoms with van der Waals surface area (Å²) in [6.45, 7) is 3.05. The zero-order valence-corrected chi connectivity index (χ0v) is 9.94. The van der Waals surface area contributed by atoms with Crippen LogP contribution in [0.5, 0.6) is 0 Å². The normalized spacial score (nSPS) is 13.6. The summed E-state index contributed by atoms with van der Waals surface area (Å²) >= 11 is 7.28. The second-order valence-corrected chi connectivity index (χ2v) is 4.36. The van der Waals surface area contributed by atoms with Crippen molar-refractivity contribution in [2.45, 2.75) is 25.8 Å². The standard InChI is InChI=1S/C11H16ClNS/c1-2-5-10(13-8-4-7-12)11-6-3-9-14-11/h3-4,6-7,9-10,13H,2,5,8H2,1H3/b7-4+. The molecule has 0 radical (unpaired) electrons. The number of hydrogen-bond acceptors (Lipinski definition) is 2. The quantitative estimate of drug-likeness (QED) is 0.780. The maximum absolute atomic E-state index is 5.47. The fourth-order valence-electron chi connectivity index (χ4n) is 1.38. The Morgan fingerprint density at radius 3 is 3.07 bits per heavy atom. The van der Waals surface area contributed by atoms with E-state index in [1.165, 1.54) is 17.7 Å². The molecule has 0 amide bonds. The minimum atomic E-state index is 0.480. The molecule has 0 spiro atoms. The third kappa shape index (κ3) is 3.82. The van der Waals surface area contributed by atoms with Gasteiger partial charge in [-0.3, -0.25) is 0 Å². The van der Waals surface area contributed by atoms with E-state index >= 15 is 0 Å². The third-order valence-electron chi connectivity index (χ3n) is 2.04. The molecule has 1 rings (SSSR count). The van der Waals surface area contributed by atoms with Crippen LogP contribution >= 0.6 is 22.9 Å². The van der Waals surface area contributed by atoms with Gasteiger partial charge in [0.2, 0.25) is 0 Å². The molecule has 78 valence electrons. The largest absolute Gasteiger partial charge is 0.306 e. The van der Waals surface area contributed by atoms with Crippen LogP contribution < -0.4 is 5.32 Å². The zero-order chi connectivity index (χ0) is 10.2. The highest BCUT2D eigenvalue weighted by Gasteiger charge is 2.09. The number of rotatable bonds is 6. The summed E-state index contributed by atoms with van der Waals surface area (Å²) in [5.74, 6) is 0. The van der Waals surface area contributed by atoms with Gasteiger partial charge in [-0.15, -0.1) is 11.3 Å². The van der Waals surface area contributed by atoms with Gasteiger partial charge < -0.3 is 5.32 Å². The predicted octanol–water partition coefficient (Wildman–Crippen LogP) is 3.93. The van der Waals surface area contributed by atoms with Gasteiger partial charge in [-0.25, -0.2) is 0 Å². The first-order valence-electron chi connectivity index (χ1n) is 4.90. The Hall–Kier alpha value is -0.310. The van der Waals surface area contributed by atoms with Gasteiger partial charge >= 0.3 is 0 Å². The first-order chi connectivity index (χ1) is 6.88. The van der Waals surface area contributed by atoms with Gasteiger partial charge in [0.1, 0.15) is 0 Å². The maximum atomic E-state index is 5.47. The minimum Gasteiger partial charge on any atom is -0.306 e. The predicted molar refractivity (Wildman–Crippen MR) is 65.0 cm³/mol. The maximum Gasteiger partial charge on any atom is 0.0417 e. The van der Waals surface area contributed by atoms with E-state index in [4.69, 9.17) is 11.6 Å². The van der Waals surface area contributed by atoms with Gasteiger partial charge in [0.05, 0.1) is 0 Å². The van der Waals surface area contributed by atoms with Gasteiger partial charge in [-0.1, -0.05) is 37.1 Å². The number of hydrogen-bond donors (Lipinski definition) is 1. The molecule has 0 fully saturated rings. The van der Waals surface area contributed by atoms with Crippen molar-refractivity contribution in [1.29, 1.82) is 0 Å². The van der Waals surface area contributed by atoms with Crippen molar-refractivity contribution in [1.82, 2.24) is 5.32 Å². The first kappa shape index (κ1) is 11.8. The summed E-state index contributed by atoms with van der Waals surface area (Å²) < 4.78 is 0. The average Bonchev–Trinajstić information content (AvgIpc) is 2.70. The van der Waals surface area contributed by atoms with Gasteiger partial charge in [0.15, 0.2) is 0 Å². The van der Waals surface area contributed by atoms with Crippen LogP contribution in [0.4, 0.5) is 0 Å². The molecule has 0 aliphatic carbocycles. The Balaban J connectivity index is 2.47. The van der Waals surface area contributed by atoms with Crippen LogP contribution in [0.15, 0.2) is 29.1 Å². The number of thiophene rings is 1. The highest BCUT2D eigenvalue weighted by molar-refractivity contribution is 7.10. The smallest absolute Gasteiger partial charge is 0.0417 e. The van der Waals surface area contributed by atoms with Crippen LogP contribution in [-0.4, -0.2) is 6.54 Å². The van der Waals surface area contributed by atoms with Crippen molar-refractivity contribution in [2.75, 3.05) is 6.54 Å². The van der Waals surface area contributed by atoms with Crippen molar-refractivity contribution >= 4 is 22.9 Å². The highest BCUT2D eigenvalue weighted by atomic mass is 35.5. The Kier molecular flexibility index (Phi) is 5.92. The van der Waals surface area contributed by atoms with E-state index in [0.29, 0.717) is 6.04 Å². The molecule has 1 aromatic heterocycles. The van der Waals surface area contributed by atoms with E-state index in [2.05, 4.69) is 29.8 Å². The van der Waals surface area contributed by atoms with Gasteiger partial charge in [0.25, 0.3) is 0 Å². The lowest BCUT2D eigenvalue weighted by Gasteiger charge is -2.15. The molecule has 0 aromatic carbocycles. The van der Waals surface area contributed by atoms with Crippen LogP contribution in [-0.2, 0) is 0 Å². The van der Waals surface area contributed by atoms with E-state index in [-0.39, 0.29) is 0 Å². The zero-order valence-electron chi connectivity index (χ0n) is 8.37. The summed E-state index contributed by atoms with van der Waals surface area (Å²) in [7, 11) is 0. The van der Waals surface area contributed by atoms with Gasteiger partial charge in [-0.2, -0.15) is 0 Å². The molecule has 0 aliphatic heterocycles. The fourth-order valence-corrected chi connectivity index (χ4v) is 2.30. The van der Waals surface area contributed by atoms with Crippen LogP contribution in [0.3, 0.4) is 0 Å². The Morgan fingerprint density at radius 1 is 1.64 bits per heavy atom. The molecular weight excluding hydrogens is 214 g/mol. The third-order valence-corrected chi connectivity index (χ3v) is 3.20. The van der Waals surface area contributed by atoms with E-state index < -0.39 is 0 Å². The highest BCUT2D eigenvalue weighted by Crippen LogP contribution is 2.22. The van der Waals surface area contributed by atoms with E-state index in [0.717, 1.165) is 6.54 Å². The lowest BCUT2D eigenvalue weighted by molar-refractivity contribution is 0.528. The van der Waals surface area contributed by atoms with E-state index in [9.17, 15) is 0 Å². The van der Waals surface area contributed by atoms with Crippen molar-refractivity contribution in [2.24, 2.45) is 0 Å². The van der Waals surface area contributed by atoms with E-state index in [1.54, 1.807) is 5.54 Å². The summed E-state index contributed by atoms with van der Waals surface area (Å²) in [6, 6.07) is 4.76. The Bertz CT molecular complexity index is 256. The molecule has 3 heteroatoms. The number of nitrogens with one attached hydrogen (secondary N) is 1. The Labute approximate surface area is 94.8 Å². The SMILES string of the molecule is CCCC(NC/C=C/Cl)c1cccs1. The van der Waals surface area contributed by atoms with Crippen molar-refractivity contribution in [3.63, 3.8) is 0 Å². The molecule has 0 saturated heterocycles. The molecule has 1 nitrogen and oxygen atoms in total. The molecule has 0 saturated carbocycles. The van der Waals surface area contributed by atoms with Crippen LogP contribution in [0.2, 0.25) is 0 Å². The first-order valence-corrected chi connectivity index (χ1v) is 6.22. The summed E-state index contributed by atoms with van der Waals surface area (Å²) in [5.41, 5.74) is 1.56. The Morgan fingerprint density at radius 2 is 2.50 bits per heavy atom. The minimum absolute atomic E-state index is 0.480. The molecule has 1 heterocycles. The van der Waals surface area contributed by atoms with E-state index in [1.807, 2.05) is 17.4 Å². The summed E-state index contributed by atoms with van der Waals surface area (Å²) in [6.07, 6.45) is 4.30. The lowest BCUT2D eigenvalue weighted by Crippen LogP contribution is -2.20. The molecule has 1 unspecified atom stereocenters. The topological polar surface area (TPSA) is 12.0 Å². The second kappa shape index (κ2) is 7.04. The second-order valence-electron chi connectivity index (χ2n) is 3.13. The molecule has 0 bridgehead atoms. The van der Waals surface area contributed by atoms with Crippen molar-refractivity contribution < 1.29 is 0 Å². The van der Waals surface area contributed by atoms with Crippen LogP contribution in [0, 0.1) is 0 Å². The van der Waals surface area contributed by atoms with Crippen LogP contribution in [0.1, 0.15) is 30.7 Å². The van der Waals surface area contributed by atoms with Crippen molar-refractivity contribution in [3.05, 3.63) is 34.0 Å². The molecule has 0 aliphatic rings. The fraction of sp³-hybridized carbons (Fsp3) is 0.455. The van der Waals surface area contributed by atoms with Crippen molar-refractivity contribution in [3.8, 4) is 0 Å². The monoisotopic (exact) mass is 229 g/mol. The van der Waals surface area contributed by atoms with Gasteiger partial charge in [0, 0.05) is 23.0 Å². The average molecular weight is 230 g/mol. The molecule has 1 N–H and O–H groups in total. The van der Waals surface area contributed by atoms with Gasteiger partial charge in [-0.05, 0) is 17.9 Å². The van der Waals surface area contributed by atoms with Crippen LogP contribution in [0.25, 0.3) is 0 Å². The lowest BCUT2D eigenvalue weighted by atomic mass is 10.1. The molecule has 14 heavy (non-hydrogen) atoms. The summed E-state index contributed by atoms with van der Waals surface area (Å²) in [5, 5.41) is 5.59. The molecule has 1 aromatic rings. The summed E-state index contributed by atoms with van der Waals surface area (Å²) in [4.78, 5) is 1.41. The molecular formula is C11H16ClNS. The molecule has 1 atom stereocenters.